The first-order chi connectivity index (χ1) is 15.0. The molecule has 0 aliphatic heterocycles. The lowest BCUT2D eigenvalue weighted by Crippen LogP contribution is -2.60. The molecule has 0 saturated heterocycles. The van der Waals surface area contributed by atoms with Gasteiger partial charge in [0.2, 0.25) is 0 Å². The summed E-state index contributed by atoms with van der Waals surface area (Å²) in [6.07, 6.45) is 13.6. The van der Waals surface area contributed by atoms with Crippen molar-refractivity contribution in [2.45, 2.75) is 103 Å². The van der Waals surface area contributed by atoms with Crippen LogP contribution >= 0.6 is 0 Å². The first kappa shape index (κ1) is 22.7. The van der Waals surface area contributed by atoms with Crippen molar-refractivity contribution in [3.05, 3.63) is 29.8 Å². The van der Waals surface area contributed by atoms with E-state index in [2.05, 4.69) is 32.9 Å². The summed E-state index contributed by atoms with van der Waals surface area (Å²) in [6, 6.07) is 8.19. The minimum Gasteiger partial charge on any atom is -0.482 e. The normalized spacial score (nSPS) is 32.1. The van der Waals surface area contributed by atoms with Crippen LogP contribution in [0, 0.1) is 23.7 Å². The zero-order valence-corrected chi connectivity index (χ0v) is 19.9. The SMILES string of the molecule is CCCCCCC1(OC(=O)COc2ccc(C(C)CC)cc2)C2CC3CC(C2)CC1C3. The van der Waals surface area contributed by atoms with Gasteiger partial charge in [0.05, 0.1) is 0 Å². The van der Waals surface area contributed by atoms with Crippen LogP contribution in [0.15, 0.2) is 24.3 Å². The van der Waals surface area contributed by atoms with Crippen LogP contribution in [0.1, 0.15) is 103 Å². The Kier molecular flexibility index (Phi) is 7.29. The third-order valence-corrected chi connectivity index (χ3v) is 8.66. The fourth-order valence-electron chi connectivity index (χ4n) is 6.95. The van der Waals surface area contributed by atoms with Crippen molar-refractivity contribution < 1.29 is 14.3 Å². The summed E-state index contributed by atoms with van der Waals surface area (Å²) in [5, 5.41) is 0. The van der Waals surface area contributed by atoms with Crippen LogP contribution in [0.5, 0.6) is 5.75 Å². The van der Waals surface area contributed by atoms with E-state index in [1.54, 1.807) is 0 Å². The van der Waals surface area contributed by atoms with Crippen molar-refractivity contribution in [1.29, 1.82) is 0 Å². The number of carbonyl (C=O) groups excluding carboxylic acids is 1. The predicted octanol–water partition coefficient (Wildman–Crippen LogP) is 7.29. The molecule has 1 aromatic carbocycles. The number of hydrogen-bond acceptors (Lipinski definition) is 3. The van der Waals surface area contributed by atoms with Crippen LogP contribution in [0.2, 0.25) is 0 Å². The molecule has 4 fully saturated rings. The van der Waals surface area contributed by atoms with Crippen LogP contribution < -0.4 is 4.74 Å². The quantitative estimate of drug-likeness (QED) is 0.275. The number of ether oxygens (including phenoxy) is 2. The van der Waals surface area contributed by atoms with E-state index in [0.717, 1.165) is 30.4 Å². The highest BCUT2D eigenvalue weighted by Gasteiger charge is 2.59. The minimum absolute atomic E-state index is 0.0195. The predicted molar refractivity (Wildman–Crippen MR) is 125 cm³/mol. The maximum atomic E-state index is 13.0. The molecule has 3 nitrogen and oxygen atoms in total. The molecule has 0 radical (unpaired) electrons. The second-order valence-electron chi connectivity index (χ2n) is 10.7. The summed E-state index contributed by atoms with van der Waals surface area (Å²) in [5.74, 6) is 4.03. The molecular weight excluding hydrogens is 384 g/mol. The molecule has 0 aromatic heterocycles. The Bertz CT molecular complexity index is 694. The zero-order valence-electron chi connectivity index (χ0n) is 19.9. The van der Waals surface area contributed by atoms with Gasteiger partial charge in [-0.3, -0.25) is 0 Å². The molecule has 4 saturated carbocycles. The van der Waals surface area contributed by atoms with Gasteiger partial charge >= 0.3 is 5.97 Å². The van der Waals surface area contributed by atoms with Gasteiger partial charge in [-0.2, -0.15) is 0 Å². The standard InChI is InChI=1S/C28H42O3/c1-4-6-7-8-13-28(24-15-21-14-22(17-24)18-25(28)16-21)31-27(29)19-30-26-11-9-23(10-12-26)20(3)5-2/h9-12,20-22,24-25H,4-8,13-19H2,1-3H3. The Morgan fingerprint density at radius 1 is 0.968 bits per heavy atom. The van der Waals surface area contributed by atoms with E-state index in [1.807, 2.05) is 12.1 Å². The molecule has 1 aromatic rings. The molecule has 0 heterocycles. The highest BCUT2D eigenvalue weighted by molar-refractivity contribution is 5.71. The average molecular weight is 427 g/mol. The molecule has 0 spiro atoms. The van der Waals surface area contributed by atoms with Gasteiger partial charge in [-0.15, -0.1) is 0 Å². The maximum absolute atomic E-state index is 13.0. The van der Waals surface area contributed by atoms with E-state index in [-0.39, 0.29) is 18.2 Å². The van der Waals surface area contributed by atoms with Crippen molar-refractivity contribution in [1.82, 2.24) is 0 Å². The molecule has 0 N–H and O–H groups in total. The Morgan fingerprint density at radius 3 is 2.19 bits per heavy atom. The lowest BCUT2D eigenvalue weighted by atomic mass is 9.49. The summed E-state index contributed by atoms with van der Waals surface area (Å²) in [4.78, 5) is 13.0. The van der Waals surface area contributed by atoms with E-state index in [1.165, 1.54) is 63.4 Å². The third kappa shape index (κ3) is 4.96. The molecule has 1 unspecified atom stereocenters. The van der Waals surface area contributed by atoms with Gasteiger partial charge in [0.15, 0.2) is 6.61 Å². The third-order valence-electron chi connectivity index (χ3n) is 8.66. The van der Waals surface area contributed by atoms with Crippen LogP contribution in [-0.4, -0.2) is 18.2 Å². The Hall–Kier alpha value is -1.51. The Balaban J connectivity index is 1.38. The van der Waals surface area contributed by atoms with Gasteiger partial charge < -0.3 is 9.47 Å². The number of esters is 1. The number of rotatable bonds is 11. The molecule has 4 aliphatic rings. The molecular formula is C28H42O3. The van der Waals surface area contributed by atoms with Crippen LogP contribution in [0.4, 0.5) is 0 Å². The first-order valence-electron chi connectivity index (χ1n) is 13.0. The van der Waals surface area contributed by atoms with Crippen molar-refractivity contribution in [3.8, 4) is 5.75 Å². The van der Waals surface area contributed by atoms with Crippen LogP contribution in [-0.2, 0) is 9.53 Å². The van der Waals surface area contributed by atoms with Crippen molar-refractivity contribution in [2.75, 3.05) is 6.61 Å². The maximum Gasteiger partial charge on any atom is 0.344 e. The summed E-state index contributed by atoms with van der Waals surface area (Å²) in [6.45, 7) is 6.71. The first-order valence-corrected chi connectivity index (χ1v) is 13.0. The van der Waals surface area contributed by atoms with E-state index in [0.29, 0.717) is 17.8 Å². The van der Waals surface area contributed by atoms with Gasteiger partial charge in [-0.05, 0) is 98.7 Å². The molecule has 5 rings (SSSR count). The largest absolute Gasteiger partial charge is 0.482 e. The van der Waals surface area contributed by atoms with E-state index < -0.39 is 0 Å². The lowest BCUT2D eigenvalue weighted by Gasteiger charge is -2.60. The number of carbonyl (C=O) groups is 1. The van der Waals surface area contributed by atoms with E-state index in [9.17, 15) is 4.79 Å². The lowest BCUT2D eigenvalue weighted by molar-refractivity contribution is -0.214. The fraction of sp³-hybridized carbons (Fsp3) is 0.750. The summed E-state index contributed by atoms with van der Waals surface area (Å²) >= 11 is 0. The van der Waals surface area contributed by atoms with Crippen molar-refractivity contribution in [2.24, 2.45) is 23.7 Å². The molecule has 172 valence electrons. The monoisotopic (exact) mass is 426 g/mol. The molecule has 4 aliphatic carbocycles. The number of benzene rings is 1. The number of unbranched alkanes of at least 4 members (excludes halogenated alkanes) is 3. The molecule has 3 heteroatoms. The molecule has 0 amide bonds. The molecule has 1 atom stereocenters. The van der Waals surface area contributed by atoms with Gasteiger partial charge in [0.1, 0.15) is 11.4 Å². The van der Waals surface area contributed by atoms with Gasteiger partial charge in [0.25, 0.3) is 0 Å². The second-order valence-corrected chi connectivity index (χ2v) is 10.7. The average Bonchev–Trinajstić information content (AvgIpc) is 2.78. The fourth-order valence-corrected chi connectivity index (χ4v) is 6.95. The number of hydrogen-bond donors (Lipinski definition) is 0. The van der Waals surface area contributed by atoms with Gasteiger partial charge in [-0.1, -0.05) is 52.2 Å². The highest BCUT2D eigenvalue weighted by Crippen LogP contribution is 2.61. The highest BCUT2D eigenvalue weighted by atomic mass is 16.6. The van der Waals surface area contributed by atoms with Crippen LogP contribution in [0.25, 0.3) is 0 Å². The van der Waals surface area contributed by atoms with Crippen molar-refractivity contribution >= 4 is 5.97 Å². The zero-order chi connectivity index (χ0) is 21.8. The second kappa shape index (κ2) is 9.96. The smallest absolute Gasteiger partial charge is 0.344 e. The Morgan fingerprint density at radius 2 is 1.61 bits per heavy atom. The van der Waals surface area contributed by atoms with Crippen molar-refractivity contribution in [3.63, 3.8) is 0 Å². The van der Waals surface area contributed by atoms with Gasteiger partial charge in [0, 0.05) is 0 Å². The summed E-state index contributed by atoms with van der Waals surface area (Å²) in [7, 11) is 0. The van der Waals surface area contributed by atoms with Crippen LogP contribution in [0.3, 0.4) is 0 Å². The summed E-state index contributed by atoms with van der Waals surface area (Å²) < 4.78 is 12.3. The van der Waals surface area contributed by atoms with E-state index >= 15 is 0 Å². The minimum atomic E-state index is -0.220. The van der Waals surface area contributed by atoms with E-state index in [4.69, 9.17) is 9.47 Å². The summed E-state index contributed by atoms with van der Waals surface area (Å²) in [5.41, 5.74) is 1.10. The Labute approximate surface area is 189 Å². The molecule has 31 heavy (non-hydrogen) atoms. The topological polar surface area (TPSA) is 35.5 Å². The van der Waals surface area contributed by atoms with Gasteiger partial charge in [-0.25, -0.2) is 4.79 Å². The molecule has 4 bridgehead atoms.